The molecule has 0 amide bonds. The molecule has 0 aliphatic carbocycles. The summed E-state index contributed by atoms with van der Waals surface area (Å²) < 4.78 is 0. The van der Waals surface area contributed by atoms with E-state index in [2.05, 4.69) is 25.7 Å². The van der Waals surface area contributed by atoms with Gasteiger partial charge in [0, 0.05) is 0 Å². The highest BCUT2D eigenvalue weighted by molar-refractivity contribution is 4.76. The Morgan fingerprint density at radius 3 is 1.92 bits per heavy atom. The molecule has 0 aromatic carbocycles. The second-order valence-electron chi connectivity index (χ2n) is 3.56. The minimum atomic E-state index is 1.19. The van der Waals surface area contributed by atoms with Crippen LogP contribution in [0.5, 0.6) is 0 Å². The van der Waals surface area contributed by atoms with Gasteiger partial charge in [-0.1, -0.05) is 43.9 Å². The SMILES string of the molecule is C=CCCCCCCCC/C=C/C. The lowest BCUT2D eigenvalue weighted by Crippen LogP contribution is -1.78. The normalized spacial score (nSPS) is 10.8. The topological polar surface area (TPSA) is 0 Å². The Balaban J connectivity index is 2.87. The standard InChI is InChI=1S/C13H24/c1-3-5-7-9-11-13-12-10-8-6-4-2/h3-4,6H,1,5,7-13H2,2H3/b6-4+. The van der Waals surface area contributed by atoms with Crippen molar-refractivity contribution in [2.45, 2.75) is 58.3 Å². The number of hydrogen-bond donors (Lipinski definition) is 0. The largest absolute Gasteiger partial charge is 0.103 e. The summed E-state index contributed by atoms with van der Waals surface area (Å²) in [5, 5.41) is 0. The maximum absolute atomic E-state index is 3.72. The highest BCUT2D eigenvalue weighted by atomic mass is 13.9. The smallest absolute Gasteiger partial charge is 0.0351 e. The van der Waals surface area contributed by atoms with E-state index in [4.69, 9.17) is 0 Å². The molecule has 0 aliphatic rings. The van der Waals surface area contributed by atoms with Crippen LogP contribution in [-0.4, -0.2) is 0 Å². The number of rotatable bonds is 9. The van der Waals surface area contributed by atoms with E-state index in [1.807, 2.05) is 6.08 Å². The summed E-state index contributed by atoms with van der Waals surface area (Å²) in [7, 11) is 0. The molecule has 0 radical (unpaired) electrons. The Hall–Kier alpha value is -0.520. The van der Waals surface area contributed by atoms with E-state index in [-0.39, 0.29) is 0 Å². The summed E-state index contributed by atoms with van der Waals surface area (Å²) in [6, 6.07) is 0. The number of unbranched alkanes of at least 4 members (excludes halogenated alkanes) is 7. The molecule has 0 atom stereocenters. The van der Waals surface area contributed by atoms with Crippen LogP contribution in [0.25, 0.3) is 0 Å². The molecule has 0 saturated heterocycles. The summed E-state index contributed by atoms with van der Waals surface area (Å²) in [6.07, 6.45) is 17.2. The quantitative estimate of drug-likeness (QED) is 0.351. The molecule has 0 rings (SSSR count). The van der Waals surface area contributed by atoms with Gasteiger partial charge in [0.15, 0.2) is 0 Å². The van der Waals surface area contributed by atoms with Crippen molar-refractivity contribution in [1.29, 1.82) is 0 Å². The van der Waals surface area contributed by atoms with E-state index in [1.54, 1.807) is 0 Å². The molecule has 0 nitrogen and oxygen atoms in total. The highest BCUT2D eigenvalue weighted by Crippen LogP contribution is 2.08. The van der Waals surface area contributed by atoms with Gasteiger partial charge in [-0.05, 0) is 32.6 Å². The Morgan fingerprint density at radius 2 is 1.38 bits per heavy atom. The van der Waals surface area contributed by atoms with Gasteiger partial charge < -0.3 is 0 Å². The van der Waals surface area contributed by atoms with Gasteiger partial charge in [0.25, 0.3) is 0 Å². The lowest BCUT2D eigenvalue weighted by atomic mass is 10.1. The molecule has 0 heterocycles. The highest BCUT2D eigenvalue weighted by Gasteiger charge is 1.89. The minimum absolute atomic E-state index is 1.19. The van der Waals surface area contributed by atoms with E-state index in [1.165, 1.54) is 51.4 Å². The average molecular weight is 180 g/mol. The van der Waals surface area contributed by atoms with Gasteiger partial charge in [-0.15, -0.1) is 6.58 Å². The van der Waals surface area contributed by atoms with Crippen molar-refractivity contribution in [2.24, 2.45) is 0 Å². The average Bonchev–Trinajstić information content (AvgIpc) is 2.16. The molecule has 0 spiro atoms. The van der Waals surface area contributed by atoms with E-state index < -0.39 is 0 Å². The molecule has 0 bridgehead atoms. The van der Waals surface area contributed by atoms with E-state index in [9.17, 15) is 0 Å². The second-order valence-corrected chi connectivity index (χ2v) is 3.56. The molecule has 0 unspecified atom stereocenters. The molecule has 0 heteroatoms. The monoisotopic (exact) mass is 180 g/mol. The predicted molar refractivity (Wildman–Crippen MR) is 61.9 cm³/mol. The molecule has 0 fully saturated rings. The van der Waals surface area contributed by atoms with Gasteiger partial charge >= 0.3 is 0 Å². The van der Waals surface area contributed by atoms with Crippen LogP contribution >= 0.6 is 0 Å². The first-order chi connectivity index (χ1) is 6.41. The van der Waals surface area contributed by atoms with E-state index in [0.29, 0.717) is 0 Å². The molecule has 0 aliphatic heterocycles. The zero-order valence-corrected chi connectivity index (χ0v) is 9.10. The molecule has 0 N–H and O–H groups in total. The van der Waals surface area contributed by atoms with Gasteiger partial charge in [0.1, 0.15) is 0 Å². The van der Waals surface area contributed by atoms with Crippen LogP contribution in [0.4, 0.5) is 0 Å². The van der Waals surface area contributed by atoms with Crippen LogP contribution in [0.1, 0.15) is 58.3 Å². The molecule has 76 valence electrons. The summed E-state index contributed by atoms with van der Waals surface area (Å²) in [6.45, 7) is 5.81. The van der Waals surface area contributed by atoms with Crippen molar-refractivity contribution in [1.82, 2.24) is 0 Å². The van der Waals surface area contributed by atoms with Crippen LogP contribution in [0.3, 0.4) is 0 Å². The van der Waals surface area contributed by atoms with E-state index >= 15 is 0 Å². The van der Waals surface area contributed by atoms with Gasteiger partial charge in [0.05, 0.1) is 0 Å². The van der Waals surface area contributed by atoms with Crippen LogP contribution < -0.4 is 0 Å². The fourth-order valence-electron chi connectivity index (χ4n) is 1.42. The van der Waals surface area contributed by atoms with Gasteiger partial charge in [-0.25, -0.2) is 0 Å². The Labute approximate surface area is 83.7 Å². The summed E-state index contributed by atoms with van der Waals surface area (Å²) in [5.41, 5.74) is 0. The summed E-state index contributed by atoms with van der Waals surface area (Å²) >= 11 is 0. The van der Waals surface area contributed by atoms with Crippen LogP contribution in [0.2, 0.25) is 0 Å². The van der Waals surface area contributed by atoms with Crippen molar-refractivity contribution in [3.05, 3.63) is 24.8 Å². The molecule has 0 saturated carbocycles. The summed E-state index contributed by atoms with van der Waals surface area (Å²) in [4.78, 5) is 0. The van der Waals surface area contributed by atoms with Gasteiger partial charge in [-0.2, -0.15) is 0 Å². The maximum Gasteiger partial charge on any atom is -0.0351 e. The van der Waals surface area contributed by atoms with Crippen molar-refractivity contribution in [3.8, 4) is 0 Å². The first-order valence-corrected chi connectivity index (χ1v) is 5.64. The molecule has 0 aromatic heterocycles. The first-order valence-electron chi connectivity index (χ1n) is 5.64. The van der Waals surface area contributed by atoms with Crippen molar-refractivity contribution in [2.75, 3.05) is 0 Å². The number of hydrogen-bond acceptors (Lipinski definition) is 0. The van der Waals surface area contributed by atoms with Crippen molar-refractivity contribution in [3.63, 3.8) is 0 Å². The van der Waals surface area contributed by atoms with E-state index in [0.717, 1.165) is 0 Å². The van der Waals surface area contributed by atoms with Gasteiger partial charge in [0.2, 0.25) is 0 Å². The lowest BCUT2D eigenvalue weighted by molar-refractivity contribution is 0.600. The predicted octanol–water partition coefficient (Wildman–Crippen LogP) is 4.87. The fourth-order valence-corrected chi connectivity index (χ4v) is 1.42. The van der Waals surface area contributed by atoms with Gasteiger partial charge in [-0.3, -0.25) is 0 Å². The van der Waals surface area contributed by atoms with Crippen molar-refractivity contribution < 1.29 is 0 Å². The maximum atomic E-state index is 3.72. The molecule has 0 aromatic rings. The second kappa shape index (κ2) is 11.5. The van der Waals surface area contributed by atoms with Crippen LogP contribution in [0.15, 0.2) is 24.8 Å². The van der Waals surface area contributed by atoms with Crippen LogP contribution in [0, 0.1) is 0 Å². The fraction of sp³-hybridized carbons (Fsp3) is 0.692. The lowest BCUT2D eigenvalue weighted by Gasteiger charge is -1.98. The van der Waals surface area contributed by atoms with Crippen molar-refractivity contribution >= 4 is 0 Å². The molecule has 13 heavy (non-hydrogen) atoms. The third-order valence-electron chi connectivity index (χ3n) is 2.26. The Morgan fingerprint density at radius 1 is 0.846 bits per heavy atom. The Bertz CT molecular complexity index is 122. The number of allylic oxidation sites excluding steroid dienone is 3. The third kappa shape index (κ3) is 11.5. The molecular formula is C13H24. The van der Waals surface area contributed by atoms with Crippen LogP contribution in [-0.2, 0) is 0 Å². The summed E-state index contributed by atoms with van der Waals surface area (Å²) in [5.74, 6) is 0. The first kappa shape index (κ1) is 12.5. The zero-order chi connectivity index (χ0) is 9.78. The molecular weight excluding hydrogens is 156 g/mol. The third-order valence-corrected chi connectivity index (χ3v) is 2.26. The zero-order valence-electron chi connectivity index (χ0n) is 9.10. The Kier molecular flexibility index (Phi) is 11.0. The minimum Gasteiger partial charge on any atom is -0.103 e.